The van der Waals surface area contributed by atoms with E-state index < -0.39 is 0 Å². The normalized spacial score (nSPS) is 21.8. The van der Waals surface area contributed by atoms with Crippen LogP contribution >= 0.6 is 0 Å². The Bertz CT molecular complexity index is 388. The van der Waals surface area contributed by atoms with Crippen LogP contribution in [0.15, 0.2) is 18.2 Å². The predicted octanol–water partition coefficient (Wildman–Crippen LogP) is 3.35. The van der Waals surface area contributed by atoms with Crippen molar-refractivity contribution in [2.45, 2.75) is 45.3 Å². The van der Waals surface area contributed by atoms with Gasteiger partial charge in [-0.1, -0.05) is 19.1 Å². The van der Waals surface area contributed by atoms with Crippen LogP contribution < -0.4 is 5.32 Å². The summed E-state index contributed by atoms with van der Waals surface area (Å²) in [7, 11) is 0. The summed E-state index contributed by atoms with van der Waals surface area (Å²) in [6.45, 7) is 5.54. The quantitative estimate of drug-likeness (QED) is 0.886. The summed E-state index contributed by atoms with van der Waals surface area (Å²) in [6, 6.07) is 5.59. The van der Waals surface area contributed by atoms with Gasteiger partial charge in [0.15, 0.2) is 0 Å². The summed E-state index contributed by atoms with van der Waals surface area (Å²) in [5.74, 6) is -0.133. The Hall–Kier alpha value is -0.930. The fourth-order valence-electron chi connectivity index (χ4n) is 2.51. The maximum atomic E-state index is 13.7. The van der Waals surface area contributed by atoms with Gasteiger partial charge < -0.3 is 10.1 Å². The van der Waals surface area contributed by atoms with Gasteiger partial charge in [0.1, 0.15) is 5.82 Å². The molecule has 1 aromatic rings. The van der Waals surface area contributed by atoms with Crippen LogP contribution in [0.3, 0.4) is 0 Å². The van der Waals surface area contributed by atoms with Crippen LogP contribution in [0.2, 0.25) is 0 Å². The second kappa shape index (κ2) is 6.30. The number of rotatable bonds is 4. The molecule has 0 aromatic heterocycles. The van der Waals surface area contributed by atoms with Crippen LogP contribution in [0.25, 0.3) is 0 Å². The van der Waals surface area contributed by atoms with Crippen LogP contribution in [-0.2, 0) is 4.74 Å². The molecule has 3 heteroatoms. The van der Waals surface area contributed by atoms with Gasteiger partial charge in [-0.3, -0.25) is 0 Å². The third-order valence-corrected chi connectivity index (χ3v) is 3.57. The lowest BCUT2D eigenvalue weighted by Crippen LogP contribution is -2.36. The smallest absolute Gasteiger partial charge is 0.126 e. The zero-order valence-corrected chi connectivity index (χ0v) is 11.2. The van der Waals surface area contributed by atoms with Gasteiger partial charge in [-0.25, -0.2) is 4.39 Å². The van der Waals surface area contributed by atoms with Crippen LogP contribution in [-0.4, -0.2) is 19.3 Å². The number of halogens is 1. The molecule has 2 rings (SSSR count). The molecule has 2 atom stereocenters. The summed E-state index contributed by atoms with van der Waals surface area (Å²) >= 11 is 0. The van der Waals surface area contributed by atoms with Gasteiger partial charge in [-0.05, 0) is 49.9 Å². The maximum absolute atomic E-state index is 13.7. The molecule has 1 saturated heterocycles. The van der Waals surface area contributed by atoms with Crippen molar-refractivity contribution in [3.8, 4) is 0 Å². The van der Waals surface area contributed by atoms with E-state index in [9.17, 15) is 4.39 Å². The summed E-state index contributed by atoms with van der Waals surface area (Å²) in [6.07, 6.45) is 3.55. The van der Waals surface area contributed by atoms with Crippen molar-refractivity contribution >= 4 is 0 Å². The predicted molar refractivity (Wildman–Crippen MR) is 71.1 cm³/mol. The first kappa shape index (κ1) is 13.5. The first-order valence-electron chi connectivity index (χ1n) is 6.83. The number of benzene rings is 1. The van der Waals surface area contributed by atoms with Crippen molar-refractivity contribution in [1.29, 1.82) is 0 Å². The molecular weight excluding hydrogens is 229 g/mol. The van der Waals surface area contributed by atoms with Gasteiger partial charge in [0.05, 0.1) is 12.1 Å². The highest BCUT2D eigenvalue weighted by Crippen LogP contribution is 2.27. The van der Waals surface area contributed by atoms with Crippen molar-refractivity contribution in [3.05, 3.63) is 35.1 Å². The maximum Gasteiger partial charge on any atom is 0.126 e. The van der Waals surface area contributed by atoms with Crippen molar-refractivity contribution < 1.29 is 9.13 Å². The summed E-state index contributed by atoms with van der Waals surface area (Å²) in [5.41, 5.74) is 1.69. The Balaban J connectivity index is 2.19. The average molecular weight is 251 g/mol. The third-order valence-electron chi connectivity index (χ3n) is 3.57. The zero-order chi connectivity index (χ0) is 13.0. The molecular formula is C15H22FNO. The minimum atomic E-state index is -0.133. The van der Waals surface area contributed by atoms with E-state index in [1.54, 1.807) is 13.0 Å². The summed E-state index contributed by atoms with van der Waals surface area (Å²) in [5, 5.41) is 3.42. The van der Waals surface area contributed by atoms with E-state index in [2.05, 4.69) is 12.2 Å². The monoisotopic (exact) mass is 251 g/mol. The van der Waals surface area contributed by atoms with E-state index in [-0.39, 0.29) is 18.0 Å². The highest BCUT2D eigenvalue weighted by atomic mass is 19.1. The fraction of sp³-hybridized carbons (Fsp3) is 0.600. The van der Waals surface area contributed by atoms with E-state index in [0.717, 1.165) is 31.6 Å². The highest BCUT2D eigenvalue weighted by Gasteiger charge is 2.25. The average Bonchev–Trinajstić information content (AvgIpc) is 2.40. The Morgan fingerprint density at radius 1 is 1.44 bits per heavy atom. The standard InChI is InChI=1S/C15H22FNO/c1-3-17-15(14-6-4-5-9-18-14)12-8-7-11(2)13(16)10-12/h7-8,10,14-15,17H,3-6,9H2,1-2H3. The highest BCUT2D eigenvalue weighted by molar-refractivity contribution is 5.26. The lowest BCUT2D eigenvalue weighted by atomic mass is 9.95. The number of aryl methyl sites for hydroxylation is 1. The number of nitrogens with one attached hydrogen (secondary N) is 1. The van der Waals surface area contributed by atoms with E-state index in [1.165, 1.54) is 6.42 Å². The van der Waals surface area contributed by atoms with Gasteiger partial charge in [0.2, 0.25) is 0 Å². The fourth-order valence-corrected chi connectivity index (χ4v) is 2.51. The van der Waals surface area contributed by atoms with E-state index >= 15 is 0 Å². The number of hydrogen-bond donors (Lipinski definition) is 1. The van der Waals surface area contributed by atoms with Gasteiger partial charge in [-0.2, -0.15) is 0 Å². The van der Waals surface area contributed by atoms with Gasteiger partial charge >= 0.3 is 0 Å². The molecule has 1 fully saturated rings. The summed E-state index contributed by atoms with van der Waals surface area (Å²) in [4.78, 5) is 0. The molecule has 2 nitrogen and oxygen atoms in total. The molecule has 0 radical (unpaired) electrons. The minimum absolute atomic E-state index is 0.102. The van der Waals surface area contributed by atoms with E-state index in [1.807, 2.05) is 12.1 Å². The second-order valence-corrected chi connectivity index (χ2v) is 4.95. The molecule has 1 aromatic carbocycles. The number of likely N-dealkylation sites (N-methyl/N-ethyl adjacent to an activating group) is 1. The Kier molecular flexibility index (Phi) is 4.72. The molecule has 0 amide bonds. The van der Waals surface area contributed by atoms with Crippen molar-refractivity contribution in [2.24, 2.45) is 0 Å². The number of hydrogen-bond acceptors (Lipinski definition) is 2. The molecule has 2 unspecified atom stereocenters. The summed E-state index contributed by atoms with van der Waals surface area (Å²) < 4.78 is 19.5. The van der Waals surface area contributed by atoms with Crippen molar-refractivity contribution in [3.63, 3.8) is 0 Å². The Labute approximate surface area is 109 Å². The molecule has 100 valence electrons. The molecule has 0 saturated carbocycles. The molecule has 1 aliphatic heterocycles. The second-order valence-electron chi connectivity index (χ2n) is 4.95. The van der Waals surface area contributed by atoms with Crippen molar-refractivity contribution in [2.75, 3.05) is 13.2 Å². The first-order chi connectivity index (χ1) is 8.72. The molecule has 18 heavy (non-hydrogen) atoms. The van der Waals surface area contributed by atoms with Crippen LogP contribution in [0, 0.1) is 12.7 Å². The van der Waals surface area contributed by atoms with E-state index in [4.69, 9.17) is 4.74 Å². The van der Waals surface area contributed by atoms with Gasteiger partial charge in [0, 0.05) is 6.61 Å². The Morgan fingerprint density at radius 3 is 2.89 bits per heavy atom. The zero-order valence-electron chi connectivity index (χ0n) is 11.2. The lowest BCUT2D eigenvalue weighted by molar-refractivity contribution is -0.00791. The molecule has 0 bridgehead atoms. The van der Waals surface area contributed by atoms with Crippen LogP contribution in [0.1, 0.15) is 43.4 Å². The minimum Gasteiger partial charge on any atom is -0.376 e. The SMILES string of the molecule is CCNC(c1ccc(C)c(F)c1)C1CCCCO1. The Morgan fingerprint density at radius 2 is 2.28 bits per heavy atom. The van der Waals surface area contributed by atoms with Crippen LogP contribution in [0.4, 0.5) is 4.39 Å². The molecule has 1 heterocycles. The largest absolute Gasteiger partial charge is 0.376 e. The lowest BCUT2D eigenvalue weighted by Gasteiger charge is -2.31. The van der Waals surface area contributed by atoms with E-state index in [0.29, 0.717) is 5.56 Å². The van der Waals surface area contributed by atoms with Crippen LogP contribution in [0.5, 0.6) is 0 Å². The van der Waals surface area contributed by atoms with Gasteiger partial charge in [-0.15, -0.1) is 0 Å². The molecule has 0 aliphatic carbocycles. The third kappa shape index (κ3) is 3.09. The number of ether oxygens (including phenoxy) is 1. The molecule has 1 N–H and O–H groups in total. The van der Waals surface area contributed by atoms with Gasteiger partial charge in [0.25, 0.3) is 0 Å². The molecule has 0 spiro atoms. The topological polar surface area (TPSA) is 21.3 Å². The molecule has 1 aliphatic rings. The first-order valence-corrected chi connectivity index (χ1v) is 6.83. The van der Waals surface area contributed by atoms with Crippen molar-refractivity contribution in [1.82, 2.24) is 5.32 Å².